The fourth-order valence-corrected chi connectivity index (χ4v) is 11.2. The molecule has 1 aromatic heterocycles. The molecule has 2 heterocycles. The zero-order valence-corrected chi connectivity index (χ0v) is 62.2. The second-order valence-electron chi connectivity index (χ2n) is 26.9. The molecule has 15 atom stereocenters. The number of aromatic nitrogens is 1. The summed E-state index contributed by atoms with van der Waals surface area (Å²) < 4.78 is 5.72. The molecule has 1 aliphatic heterocycles. The van der Waals surface area contributed by atoms with Crippen molar-refractivity contribution in [2.24, 2.45) is 29.2 Å². The second kappa shape index (κ2) is 46.7. The number of aromatic amines is 1. The Labute approximate surface area is 632 Å². The van der Waals surface area contributed by atoms with Crippen molar-refractivity contribution in [2.45, 2.75) is 224 Å². The molecule has 610 valence electrons. The van der Waals surface area contributed by atoms with Crippen molar-refractivity contribution in [2.75, 3.05) is 26.2 Å². The van der Waals surface area contributed by atoms with E-state index in [0.717, 1.165) is 39.5 Å². The zero-order valence-electron chi connectivity index (χ0n) is 62.2. The number of nitrogens with one attached hydrogen (secondary N) is 14. The number of H-pyrrole nitrogens is 1. The summed E-state index contributed by atoms with van der Waals surface area (Å²) in [4.78, 5) is 260. The molecule has 41 heteroatoms. The van der Waals surface area contributed by atoms with Gasteiger partial charge < -0.3 is 116 Å². The highest BCUT2D eigenvalue weighted by molar-refractivity contribution is 6.02. The summed E-state index contributed by atoms with van der Waals surface area (Å²) in [7, 11) is 0. The Morgan fingerprint density at radius 3 is 1.68 bits per heavy atom. The first-order valence-corrected chi connectivity index (χ1v) is 35.9. The van der Waals surface area contributed by atoms with Gasteiger partial charge in [0, 0.05) is 29.9 Å². The van der Waals surface area contributed by atoms with Gasteiger partial charge in [0.15, 0.2) is 0 Å². The highest BCUT2D eigenvalue weighted by atomic mass is 16.5. The van der Waals surface area contributed by atoms with E-state index in [1.807, 2.05) is 16.0 Å². The van der Waals surface area contributed by atoms with Gasteiger partial charge in [0.05, 0.1) is 51.8 Å². The minimum Gasteiger partial charge on any atom is -0.481 e. The molecule has 1 fully saturated rings. The maximum atomic E-state index is 14.7. The number of aliphatic hydroxyl groups is 1. The van der Waals surface area contributed by atoms with Gasteiger partial charge in [0.1, 0.15) is 72.6 Å². The number of unbranched alkanes of at least 4 members (excludes halogenated alkanes) is 3. The lowest BCUT2D eigenvalue weighted by Crippen LogP contribution is -2.62. The Hall–Kier alpha value is -11.4. The summed E-state index contributed by atoms with van der Waals surface area (Å²) in [6, 6.07) is -14.5. The highest BCUT2D eigenvalue weighted by Gasteiger charge is 2.41. The summed E-state index contributed by atoms with van der Waals surface area (Å²) in [5, 5.41) is 79.0. The van der Waals surface area contributed by atoms with Crippen LogP contribution in [0, 0.1) is 17.8 Å². The fraction of sp³-hybridized carbons (Fsp3) is 0.609. The Balaban J connectivity index is 2.20. The van der Waals surface area contributed by atoms with Crippen LogP contribution in [-0.2, 0) is 102 Å². The number of para-hydroxylation sites is 1. The molecule has 110 heavy (non-hydrogen) atoms. The molecule has 0 bridgehead atoms. The van der Waals surface area contributed by atoms with Crippen LogP contribution in [0.1, 0.15) is 150 Å². The number of carbonyl (C=O) groups excluding carboxylic acids is 15. The zero-order chi connectivity index (χ0) is 82.6. The highest BCUT2D eigenvalue weighted by Crippen LogP contribution is 2.21. The molecule has 2 aromatic rings. The van der Waals surface area contributed by atoms with E-state index in [1.54, 1.807) is 30.5 Å². The van der Waals surface area contributed by atoms with Crippen LogP contribution in [0.5, 0.6) is 0 Å². The average Bonchev–Trinajstić information content (AvgIpc) is 1.64. The van der Waals surface area contributed by atoms with Crippen LogP contribution in [0.3, 0.4) is 0 Å². The number of amides is 14. The molecule has 0 aliphatic carbocycles. The number of benzene rings is 1. The third kappa shape index (κ3) is 32.2. The van der Waals surface area contributed by atoms with E-state index in [2.05, 4.69) is 72.0 Å². The number of aliphatic hydroxyl groups excluding tert-OH is 1. The molecular weight excluding hydrogens is 1450 g/mol. The largest absolute Gasteiger partial charge is 0.481 e. The molecule has 1 aromatic carbocycles. The Morgan fingerprint density at radius 2 is 1.10 bits per heavy atom. The number of carbonyl (C=O) groups is 19. The van der Waals surface area contributed by atoms with Crippen LogP contribution in [0.15, 0.2) is 30.5 Å². The van der Waals surface area contributed by atoms with Gasteiger partial charge in [-0.05, 0) is 69.0 Å². The van der Waals surface area contributed by atoms with Gasteiger partial charge in [-0.3, -0.25) is 86.3 Å². The Kier molecular flexibility index (Phi) is 39.4. The third-order valence-corrected chi connectivity index (χ3v) is 17.9. The van der Waals surface area contributed by atoms with Crippen molar-refractivity contribution in [3.05, 3.63) is 36.0 Å². The number of cyclic esters (lactones) is 1. The van der Waals surface area contributed by atoms with Crippen LogP contribution < -0.4 is 80.6 Å². The molecular formula is C69H104N16O25. The molecule has 14 amide bonds. The molecule has 1 saturated heterocycles. The normalized spacial score (nSPS) is 22.3. The summed E-state index contributed by atoms with van der Waals surface area (Å²) >= 11 is 0. The number of aliphatic carboxylic acids is 4. The lowest BCUT2D eigenvalue weighted by atomic mass is 9.94. The SMILES string of the molecule is CCC(C)CCCCCCC(=O)NC(Cc1c[nH]c2ccccc12)C(=O)NC(CC(N)=O)C(=O)NC(CC(=O)O)C(=O)NC1C(=O)NCC(=O)NC(CCCN)C(=O)NC(CC(=O)O)C(=O)NC(C)C(=O)NC(CC(=O)O)C(=O)NCC(=O)NC(CO)C(=O)NC(C(C)CC(=O)O)C(=O)NC(C(C)CC)C(=O)OC1C. The maximum Gasteiger partial charge on any atom is 0.329 e. The number of nitrogens with two attached hydrogens (primary N) is 2. The number of primary amides is 1. The standard InChI is InChI=1S/C69H104N16O25/c1-8-33(3)17-12-10-11-13-21-49(88)77-42(24-38-29-72-40-19-15-14-18-39(38)40)63(103)80-43(25-48(71)87)64(104)82-46(28-55(97)98)65(105)85-58-37(7)110-69(109)57(34(4)9-2)84-68(108)56(35(5)23-52(91)92)83-66(106)47(32-86)78-51(90)30-73-60(100)44(26-53(93)94)79-59(99)36(6)75-62(102)45(27-54(95)96)81-61(101)41(20-16-22-70)76-50(89)31-74-67(58)107/h14-15,18-19,29,33-37,41-47,56-58,72,86H,8-13,16-17,20-28,30-32,70H2,1-7H3,(H2,71,87)(H,73,100)(H,74,107)(H,75,102)(H,76,89)(H,77,88)(H,78,90)(H,79,99)(H,80,103)(H,81,101)(H,82,104)(H,83,106)(H,84,108)(H,85,105)(H,91,92)(H,93,94)(H,95,96)(H,97,98). The van der Waals surface area contributed by atoms with Gasteiger partial charge in [-0.15, -0.1) is 0 Å². The number of esters is 1. The molecule has 41 nitrogen and oxygen atoms in total. The van der Waals surface area contributed by atoms with Crippen molar-refractivity contribution in [3.63, 3.8) is 0 Å². The fourth-order valence-electron chi connectivity index (χ4n) is 11.2. The first kappa shape index (κ1) is 92.8. The Morgan fingerprint density at radius 1 is 0.555 bits per heavy atom. The number of fused-ring (bicyclic) bond motifs is 1. The smallest absolute Gasteiger partial charge is 0.329 e. The first-order chi connectivity index (χ1) is 51.8. The van der Waals surface area contributed by atoms with E-state index in [4.69, 9.17) is 16.2 Å². The molecule has 1 aliphatic rings. The number of hydrogen-bond acceptors (Lipinski definition) is 22. The van der Waals surface area contributed by atoms with Crippen LogP contribution in [-0.4, -0.2) is 242 Å². The van der Waals surface area contributed by atoms with E-state index < -0.39 is 249 Å². The maximum absolute atomic E-state index is 14.7. The average molecular weight is 1560 g/mol. The predicted molar refractivity (Wildman–Crippen MR) is 384 cm³/mol. The summed E-state index contributed by atoms with van der Waals surface area (Å²) in [6.45, 7) is 6.61. The van der Waals surface area contributed by atoms with Gasteiger partial charge >= 0.3 is 29.8 Å². The number of carboxylic acid groups (broad SMARTS) is 4. The summed E-state index contributed by atoms with van der Waals surface area (Å²) in [6.07, 6.45) is -1.61. The molecule has 0 radical (unpaired) electrons. The first-order valence-electron chi connectivity index (χ1n) is 35.9. The number of ether oxygens (including phenoxy) is 1. The Bertz CT molecular complexity index is 3630. The van der Waals surface area contributed by atoms with Crippen molar-refractivity contribution >= 4 is 123 Å². The van der Waals surface area contributed by atoms with E-state index in [9.17, 15) is 117 Å². The van der Waals surface area contributed by atoms with E-state index in [0.29, 0.717) is 35.2 Å². The van der Waals surface area contributed by atoms with E-state index in [-0.39, 0.29) is 38.6 Å². The quantitative estimate of drug-likeness (QED) is 0.0230. The van der Waals surface area contributed by atoms with Crippen molar-refractivity contribution in [1.29, 1.82) is 0 Å². The van der Waals surface area contributed by atoms with Gasteiger partial charge in [0.2, 0.25) is 82.7 Å². The van der Waals surface area contributed by atoms with E-state index in [1.165, 1.54) is 20.8 Å². The van der Waals surface area contributed by atoms with Gasteiger partial charge in [-0.1, -0.05) is 91.3 Å². The summed E-state index contributed by atoms with van der Waals surface area (Å²) in [5.74, 6) is -27.8. The third-order valence-electron chi connectivity index (χ3n) is 17.9. The van der Waals surface area contributed by atoms with Gasteiger partial charge in [-0.25, -0.2) is 4.79 Å². The number of carboxylic acids is 4. The molecule has 0 spiro atoms. The predicted octanol–water partition coefficient (Wildman–Crippen LogP) is -5.18. The monoisotopic (exact) mass is 1560 g/mol. The van der Waals surface area contributed by atoms with Crippen molar-refractivity contribution < 1.29 is 121 Å². The topological polar surface area (TPSA) is 659 Å². The lowest BCUT2D eigenvalue weighted by Gasteiger charge is -2.31. The van der Waals surface area contributed by atoms with Crippen molar-refractivity contribution in [3.8, 4) is 0 Å². The number of rotatable bonds is 34. The minimum absolute atomic E-state index is 0.000814. The molecule has 23 N–H and O–H groups in total. The van der Waals surface area contributed by atoms with Crippen molar-refractivity contribution in [1.82, 2.24) is 74.1 Å². The van der Waals surface area contributed by atoms with Crippen LogP contribution >= 0.6 is 0 Å². The van der Waals surface area contributed by atoms with Gasteiger partial charge in [0.25, 0.3) is 0 Å². The number of hydrogen-bond donors (Lipinski definition) is 21. The molecule has 15 unspecified atom stereocenters. The van der Waals surface area contributed by atoms with Crippen LogP contribution in [0.4, 0.5) is 0 Å². The van der Waals surface area contributed by atoms with Crippen LogP contribution in [0.2, 0.25) is 0 Å². The van der Waals surface area contributed by atoms with Crippen LogP contribution in [0.25, 0.3) is 10.9 Å². The minimum atomic E-state index is -2.31. The molecule has 0 saturated carbocycles. The molecule has 3 rings (SSSR count). The van der Waals surface area contributed by atoms with Gasteiger partial charge in [-0.2, -0.15) is 0 Å². The second-order valence-corrected chi connectivity index (χ2v) is 26.9. The van der Waals surface area contributed by atoms with E-state index >= 15 is 0 Å². The lowest BCUT2D eigenvalue weighted by molar-refractivity contribution is -0.158. The summed E-state index contributed by atoms with van der Waals surface area (Å²) in [5.41, 5.74) is 12.5.